The molecule has 0 unspecified atom stereocenters. The maximum atomic E-state index is 12.9. The van der Waals surface area contributed by atoms with E-state index in [-0.39, 0.29) is 17.9 Å². The highest BCUT2D eigenvalue weighted by Gasteiger charge is 2.31. The number of carbonyl (C=O) groups excluding carboxylic acids is 2. The van der Waals surface area contributed by atoms with E-state index in [0.717, 1.165) is 19.3 Å². The molecule has 7 heteroatoms. The number of amides is 2. The summed E-state index contributed by atoms with van der Waals surface area (Å²) in [6.45, 7) is 2.48. The summed E-state index contributed by atoms with van der Waals surface area (Å²) in [7, 11) is 3.40. The van der Waals surface area contributed by atoms with E-state index in [2.05, 4.69) is 15.0 Å². The van der Waals surface area contributed by atoms with E-state index in [1.807, 2.05) is 4.90 Å². The van der Waals surface area contributed by atoms with E-state index in [1.165, 1.54) is 4.90 Å². The molecule has 1 saturated heterocycles. The molecule has 2 aromatic rings. The first-order chi connectivity index (χ1) is 12.5. The summed E-state index contributed by atoms with van der Waals surface area (Å²) in [5.41, 5.74) is 1.74. The summed E-state index contributed by atoms with van der Waals surface area (Å²) in [4.78, 5) is 41.4. The maximum absolute atomic E-state index is 12.9. The van der Waals surface area contributed by atoms with Crippen molar-refractivity contribution in [2.45, 2.75) is 32.2 Å². The number of hydrogen-bond acceptors (Lipinski definition) is 5. The van der Waals surface area contributed by atoms with Crippen LogP contribution in [0.15, 0.2) is 30.7 Å². The maximum Gasteiger partial charge on any atom is 0.256 e. The van der Waals surface area contributed by atoms with Crippen molar-refractivity contribution in [1.29, 1.82) is 0 Å². The largest absolute Gasteiger partial charge is 0.345 e. The van der Waals surface area contributed by atoms with Crippen molar-refractivity contribution < 1.29 is 9.59 Å². The minimum Gasteiger partial charge on any atom is -0.345 e. The molecule has 0 radical (unpaired) electrons. The molecule has 2 aromatic heterocycles. The lowest BCUT2D eigenvalue weighted by molar-refractivity contribution is 0.0598. The second kappa shape index (κ2) is 7.59. The van der Waals surface area contributed by atoms with E-state index in [1.54, 1.807) is 51.7 Å². The molecule has 1 fully saturated rings. The zero-order valence-electron chi connectivity index (χ0n) is 15.3. The fraction of sp³-hybridized carbons (Fsp3) is 0.421. The van der Waals surface area contributed by atoms with Gasteiger partial charge in [0.05, 0.1) is 17.3 Å². The summed E-state index contributed by atoms with van der Waals surface area (Å²) in [6.07, 6.45) is 7.61. The third-order valence-electron chi connectivity index (χ3n) is 4.62. The number of nitrogens with zero attached hydrogens (tertiary/aromatic N) is 5. The number of carbonyl (C=O) groups is 2. The minimum absolute atomic E-state index is 0.0354. The van der Waals surface area contributed by atoms with E-state index in [4.69, 9.17) is 0 Å². The van der Waals surface area contributed by atoms with Crippen LogP contribution in [-0.2, 0) is 0 Å². The molecule has 1 aliphatic rings. The van der Waals surface area contributed by atoms with Crippen molar-refractivity contribution in [2.75, 3.05) is 20.6 Å². The predicted octanol–water partition coefficient (Wildman–Crippen LogP) is 2.25. The van der Waals surface area contributed by atoms with Gasteiger partial charge >= 0.3 is 0 Å². The Hall–Kier alpha value is -2.83. The van der Waals surface area contributed by atoms with Gasteiger partial charge in [-0.1, -0.05) is 0 Å². The summed E-state index contributed by atoms with van der Waals surface area (Å²) in [5.74, 6) is 0.439. The first-order valence-electron chi connectivity index (χ1n) is 8.75. The van der Waals surface area contributed by atoms with Gasteiger partial charge < -0.3 is 9.80 Å². The van der Waals surface area contributed by atoms with Gasteiger partial charge in [0.1, 0.15) is 0 Å². The van der Waals surface area contributed by atoms with Gasteiger partial charge in [-0.25, -0.2) is 9.97 Å². The summed E-state index contributed by atoms with van der Waals surface area (Å²) in [5, 5.41) is 0. The molecule has 1 aliphatic heterocycles. The van der Waals surface area contributed by atoms with Gasteiger partial charge in [0.15, 0.2) is 5.82 Å². The van der Waals surface area contributed by atoms with Crippen LogP contribution < -0.4 is 0 Å². The van der Waals surface area contributed by atoms with Crippen LogP contribution in [0.5, 0.6) is 0 Å². The molecule has 0 N–H and O–H groups in total. The van der Waals surface area contributed by atoms with E-state index >= 15 is 0 Å². The fourth-order valence-electron chi connectivity index (χ4n) is 3.20. The number of rotatable bonds is 3. The molecule has 0 aromatic carbocycles. The molecule has 26 heavy (non-hydrogen) atoms. The van der Waals surface area contributed by atoms with Crippen LogP contribution in [0.4, 0.5) is 0 Å². The van der Waals surface area contributed by atoms with Crippen LogP contribution >= 0.6 is 0 Å². The lowest BCUT2D eigenvalue weighted by Crippen LogP contribution is -2.39. The molecule has 0 bridgehead atoms. The highest BCUT2D eigenvalue weighted by atomic mass is 16.2. The van der Waals surface area contributed by atoms with Gasteiger partial charge in [-0.15, -0.1) is 0 Å². The fourth-order valence-corrected chi connectivity index (χ4v) is 3.20. The Bertz CT molecular complexity index is 807. The number of aromatic nitrogens is 3. The Balaban J connectivity index is 1.89. The van der Waals surface area contributed by atoms with Crippen molar-refractivity contribution in [3.8, 4) is 0 Å². The van der Waals surface area contributed by atoms with Crippen molar-refractivity contribution in [1.82, 2.24) is 24.8 Å². The highest BCUT2D eigenvalue weighted by Crippen LogP contribution is 2.30. The molecular weight excluding hydrogens is 330 g/mol. The van der Waals surface area contributed by atoms with Crippen molar-refractivity contribution in [3.05, 3.63) is 53.4 Å². The average molecular weight is 353 g/mol. The summed E-state index contributed by atoms with van der Waals surface area (Å²) >= 11 is 0. The molecule has 2 amide bonds. The second-order valence-corrected chi connectivity index (χ2v) is 6.67. The lowest BCUT2D eigenvalue weighted by Gasteiger charge is -2.35. The summed E-state index contributed by atoms with van der Waals surface area (Å²) < 4.78 is 0. The molecule has 3 rings (SSSR count). The van der Waals surface area contributed by atoms with Crippen LogP contribution in [0.3, 0.4) is 0 Å². The van der Waals surface area contributed by atoms with Gasteiger partial charge in [-0.05, 0) is 38.3 Å². The lowest BCUT2D eigenvalue weighted by atomic mass is 10.00. The number of aryl methyl sites for hydroxylation is 1. The van der Waals surface area contributed by atoms with E-state index < -0.39 is 0 Å². The van der Waals surface area contributed by atoms with Crippen molar-refractivity contribution in [2.24, 2.45) is 0 Å². The third kappa shape index (κ3) is 3.56. The van der Waals surface area contributed by atoms with Gasteiger partial charge in [0, 0.05) is 44.8 Å². The first kappa shape index (κ1) is 18.0. The van der Waals surface area contributed by atoms with Crippen LogP contribution in [0, 0.1) is 6.92 Å². The van der Waals surface area contributed by atoms with Gasteiger partial charge in [0.2, 0.25) is 0 Å². The third-order valence-corrected chi connectivity index (χ3v) is 4.62. The van der Waals surface area contributed by atoms with E-state index in [9.17, 15) is 9.59 Å². The minimum atomic E-state index is -0.174. The molecule has 1 atom stereocenters. The first-order valence-corrected chi connectivity index (χ1v) is 8.75. The molecule has 0 spiro atoms. The number of hydrogen-bond donors (Lipinski definition) is 0. The SMILES string of the molecule is Cc1nc([C@H]2CCCCN2C(=O)c2ccncc2)ncc1C(=O)N(C)C. The Morgan fingerprint density at radius 1 is 1.19 bits per heavy atom. The molecule has 3 heterocycles. The summed E-state index contributed by atoms with van der Waals surface area (Å²) in [6, 6.07) is 3.27. The molecule has 7 nitrogen and oxygen atoms in total. The van der Waals surface area contributed by atoms with Gasteiger partial charge in [-0.3, -0.25) is 14.6 Å². The van der Waals surface area contributed by atoms with Crippen LogP contribution in [0.2, 0.25) is 0 Å². The number of pyridine rings is 1. The normalized spacial score (nSPS) is 17.0. The zero-order valence-corrected chi connectivity index (χ0v) is 15.3. The Morgan fingerprint density at radius 3 is 2.58 bits per heavy atom. The molecule has 136 valence electrons. The molecule has 0 aliphatic carbocycles. The Labute approximate surface area is 153 Å². The highest BCUT2D eigenvalue weighted by molar-refractivity contribution is 5.95. The second-order valence-electron chi connectivity index (χ2n) is 6.67. The molecular formula is C19H23N5O2. The zero-order chi connectivity index (χ0) is 18.7. The molecule has 0 saturated carbocycles. The Kier molecular flexibility index (Phi) is 5.25. The van der Waals surface area contributed by atoms with Crippen LogP contribution in [0.25, 0.3) is 0 Å². The van der Waals surface area contributed by atoms with Crippen LogP contribution in [0.1, 0.15) is 57.5 Å². The van der Waals surface area contributed by atoms with E-state index in [0.29, 0.717) is 29.2 Å². The number of piperidine rings is 1. The van der Waals surface area contributed by atoms with Gasteiger partial charge in [-0.2, -0.15) is 0 Å². The van der Waals surface area contributed by atoms with Crippen molar-refractivity contribution in [3.63, 3.8) is 0 Å². The quantitative estimate of drug-likeness (QED) is 0.845. The topological polar surface area (TPSA) is 79.3 Å². The Morgan fingerprint density at radius 2 is 1.92 bits per heavy atom. The number of likely N-dealkylation sites (tertiary alicyclic amines) is 1. The monoisotopic (exact) mass is 353 g/mol. The predicted molar refractivity (Wildman–Crippen MR) is 96.7 cm³/mol. The average Bonchev–Trinajstić information content (AvgIpc) is 2.67. The van der Waals surface area contributed by atoms with Crippen LogP contribution in [-0.4, -0.2) is 57.2 Å². The van der Waals surface area contributed by atoms with Crippen molar-refractivity contribution >= 4 is 11.8 Å². The standard InChI is InChI=1S/C19H23N5O2/c1-13-15(19(26)23(2)3)12-21-17(22-13)16-6-4-5-11-24(16)18(25)14-7-9-20-10-8-14/h7-10,12,16H,4-6,11H2,1-3H3/t16-/m1/s1. The smallest absolute Gasteiger partial charge is 0.256 e. The van der Waals surface area contributed by atoms with Gasteiger partial charge in [0.25, 0.3) is 11.8 Å².